The summed E-state index contributed by atoms with van der Waals surface area (Å²) < 4.78 is 0. The van der Waals surface area contributed by atoms with Crippen LogP contribution in [0.25, 0.3) is 0 Å². The lowest BCUT2D eigenvalue weighted by Crippen LogP contribution is -2.42. The molecule has 2 N–H and O–H groups in total. The summed E-state index contributed by atoms with van der Waals surface area (Å²) in [7, 11) is 2.20. The van der Waals surface area contributed by atoms with Crippen LogP contribution in [0.2, 0.25) is 0 Å². The SMILES string of the molecule is CCCNc1ncnc(NC2CCN(C)C(C)C2)c1CC. The lowest BCUT2D eigenvalue weighted by atomic mass is 9.98. The van der Waals surface area contributed by atoms with E-state index in [2.05, 4.69) is 53.3 Å². The van der Waals surface area contributed by atoms with Crippen LogP contribution in [0.1, 0.15) is 45.6 Å². The second-order valence-corrected chi connectivity index (χ2v) is 6.03. The van der Waals surface area contributed by atoms with E-state index in [9.17, 15) is 0 Å². The van der Waals surface area contributed by atoms with Crippen LogP contribution < -0.4 is 10.6 Å². The van der Waals surface area contributed by atoms with Crippen molar-refractivity contribution in [3.8, 4) is 0 Å². The van der Waals surface area contributed by atoms with Crippen molar-refractivity contribution in [3.63, 3.8) is 0 Å². The van der Waals surface area contributed by atoms with Gasteiger partial charge in [0.25, 0.3) is 0 Å². The first kappa shape index (κ1) is 16.0. The van der Waals surface area contributed by atoms with Crippen LogP contribution in [-0.4, -0.2) is 47.1 Å². The third-order valence-corrected chi connectivity index (χ3v) is 4.39. The van der Waals surface area contributed by atoms with Gasteiger partial charge in [0.1, 0.15) is 18.0 Å². The standard InChI is InChI=1S/C16H29N5/c1-5-8-17-15-14(6-2)16(19-11-18-15)20-13-7-9-21(4)12(3)10-13/h11-13H,5-10H2,1-4H3,(H2,17,18,19,20). The van der Waals surface area contributed by atoms with Gasteiger partial charge in [-0.05, 0) is 39.7 Å². The number of likely N-dealkylation sites (tertiary alicyclic amines) is 1. The van der Waals surface area contributed by atoms with Crippen molar-refractivity contribution in [2.24, 2.45) is 0 Å². The Morgan fingerprint density at radius 2 is 2.05 bits per heavy atom. The average molecular weight is 291 g/mol. The minimum absolute atomic E-state index is 0.510. The van der Waals surface area contributed by atoms with Crippen molar-refractivity contribution in [3.05, 3.63) is 11.9 Å². The Morgan fingerprint density at radius 1 is 1.29 bits per heavy atom. The predicted octanol–water partition coefficient (Wildman–Crippen LogP) is 2.76. The molecule has 2 atom stereocenters. The molecule has 0 amide bonds. The summed E-state index contributed by atoms with van der Waals surface area (Å²) in [5.41, 5.74) is 1.21. The Labute approximate surface area is 128 Å². The van der Waals surface area contributed by atoms with E-state index in [1.54, 1.807) is 6.33 Å². The first-order valence-electron chi connectivity index (χ1n) is 8.20. The smallest absolute Gasteiger partial charge is 0.134 e. The van der Waals surface area contributed by atoms with E-state index in [4.69, 9.17) is 0 Å². The zero-order valence-corrected chi connectivity index (χ0v) is 13.8. The molecule has 2 rings (SSSR count). The molecule has 1 aliphatic rings. The van der Waals surface area contributed by atoms with Gasteiger partial charge in [0.05, 0.1) is 0 Å². The number of anilines is 2. The van der Waals surface area contributed by atoms with Gasteiger partial charge in [0.2, 0.25) is 0 Å². The Hall–Kier alpha value is -1.36. The number of piperidine rings is 1. The second kappa shape index (κ2) is 7.59. The summed E-state index contributed by atoms with van der Waals surface area (Å²) in [5, 5.41) is 7.06. The van der Waals surface area contributed by atoms with E-state index in [-0.39, 0.29) is 0 Å². The highest BCUT2D eigenvalue weighted by atomic mass is 15.2. The molecule has 5 heteroatoms. The summed E-state index contributed by atoms with van der Waals surface area (Å²) in [6, 6.07) is 1.14. The highest BCUT2D eigenvalue weighted by molar-refractivity contribution is 5.57. The van der Waals surface area contributed by atoms with Crippen LogP contribution in [0.4, 0.5) is 11.6 Å². The van der Waals surface area contributed by atoms with E-state index >= 15 is 0 Å². The van der Waals surface area contributed by atoms with Crippen LogP contribution in [0.3, 0.4) is 0 Å². The zero-order valence-electron chi connectivity index (χ0n) is 13.8. The Kier molecular flexibility index (Phi) is 5.79. The highest BCUT2D eigenvalue weighted by Crippen LogP contribution is 2.24. The molecular weight excluding hydrogens is 262 g/mol. The molecule has 2 heterocycles. The van der Waals surface area contributed by atoms with Crippen LogP contribution >= 0.6 is 0 Å². The van der Waals surface area contributed by atoms with Gasteiger partial charge >= 0.3 is 0 Å². The first-order chi connectivity index (χ1) is 10.2. The van der Waals surface area contributed by atoms with E-state index in [1.165, 1.54) is 18.4 Å². The third kappa shape index (κ3) is 4.06. The zero-order chi connectivity index (χ0) is 15.2. The quantitative estimate of drug-likeness (QED) is 0.844. The summed E-state index contributed by atoms with van der Waals surface area (Å²) in [5.74, 6) is 1.99. The number of hydrogen-bond acceptors (Lipinski definition) is 5. The minimum atomic E-state index is 0.510. The minimum Gasteiger partial charge on any atom is -0.370 e. The maximum Gasteiger partial charge on any atom is 0.134 e. The van der Waals surface area contributed by atoms with Crippen LogP contribution in [0, 0.1) is 0 Å². The molecule has 21 heavy (non-hydrogen) atoms. The molecule has 0 bridgehead atoms. The molecular formula is C16H29N5. The van der Waals surface area contributed by atoms with Crippen molar-refractivity contribution >= 4 is 11.6 Å². The van der Waals surface area contributed by atoms with Gasteiger partial charge in [0, 0.05) is 30.7 Å². The molecule has 0 spiro atoms. The lowest BCUT2D eigenvalue weighted by molar-refractivity contribution is 0.190. The maximum absolute atomic E-state index is 4.48. The van der Waals surface area contributed by atoms with E-state index in [0.29, 0.717) is 12.1 Å². The van der Waals surface area contributed by atoms with Crippen LogP contribution in [-0.2, 0) is 6.42 Å². The molecule has 1 fully saturated rings. The van der Waals surface area contributed by atoms with Gasteiger partial charge in [-0.2, -0.15) is 0 Å². The lowest BCUT2D eigenvalue weighted by Gasteiger charge is -2.35. The number of nitrogens with zero attached hydrogens (tertiary/aromatic N) is 3. The second-order valence-electron chi connectivity index (χ2n) is 6.03. The normalized spacial score (nSPS) is 23.0. The third-order valence-electron chi connectivity index (χ3n) is 4.39. The largest absolute Gasteiger partial charge is 0.370 e. The molecule has 5 nitrogen and oxygen atoms in total. The molecule has 1 saturated heterocycles. The summed E-state index contributed by atoms with van der Waals surface area (Å²) in [4.78, 5) is 11.3. The van der Waals surface area contributed by atoms with Gasteiger partial charge in [-0.1, -0.05) is 13.8 Å². The molecule has 1 aliphatic heterocycles. The van der Waals surface area contributed by atoms with Gasteiger partial charge in [-0.15, -0.1) is 0 Å². The van der Waals surface area contributed by atoms with Gasteiger partial charge in [-0.3, -0.25) is 0 Å². The summed E-state index contributed by atoms with van der Waals surface area (Å²) in [6.45, 7) is 8.72. The van der Waals surface area contributed by atoms with Gasteiger partial charge in [0.15, 0.2) is 0 Å². The van der Waals surface area contributed by atoms with Crippen LogP contribution in [0.5, 0.6) is 0 Å². The van der Waals surface area contributed by atoms with Crippen molar-refractivity contribution in [2.45, 2.75) is 58.5 Å². The topological polar surface area (TPSA) is 53.1 Å². The summed E-state index contributed by atoms with van der Waals surface area (Å²) >= 11 is 0. The molecule has 2 unspecified atom stereocenters. The average Bonchev–Trinajstić information content (AvgIpc) is 2.49. The maximum atomic E-state index is 4.48. The Morgan fingerprint density at radius 3 is 2.71 bits per heavy atom. The number of nitrogens with one attached hydrogen (secondary N) is 2. The summed E-state index contributed by atoms with van der Waals surface area (Å²) in [6.07, 6.45) is 6.05. The predicted molar refractivity (Wildman–Crippen MR) is 88.9 cm³/mol. The fourth-order valence-electron chi connectivity index (χ4n) is 2.88. The molecule has 0 aromatic carbocycles. The molecule has 1 aromatic rings. The van der Waals surface area contributed by atoms with Gasteiger partial charge in [-0.25, -0.2) is 9.97 Å². The fourth-order valence-corrected chi connectivity index (χ4v) is 2.88. The molecule has 0 radical (unpaired) electrons. The molecule has 0 aliphatic carbocycles. The van der Waals surface area contributed by atoms with Crippen molar-refractivity contribution in [1.82, 2.24) is 14.9 Å². The van der Waals surface area contributed by atoms with Gasteiger partial charge < -0.3 is 15.5 Å². The monoisotopic (exact) mass is 291 g/mol. The Balaban J connectivity index is 2.08. The Bertz CT molecular complexity index is 448. The van der Waals surface area contributed by atoms with Crippen molar-refractivity contribution in [1.29, 1.82) is 0 Å². The van der Waals surface area contributed by atoms with E-state index in [1.807, 2.05) is 0 Å². The first-order valence-corrected chi connectivity index (χ1v) is 8.20. The van der Waals surface area contributed by atoms with Crippen molar-refractivity contribution < 1.29 is 0 Å². The van der Waals surface area contributed by atoms with Crippen LogP contribution in [0.15, 0.2) is 6.33 Å². The molecule has 0 saturated carbocycles. The number of rotatable bonds is 6. The molecule has 1 aromatic heterocycles. The van der Waals surface area contributed by atoms with E-state index in [0.717, 1.165) is 37.6 Å². The van der Waals surface area contributed by atoms with E-state index < -0.39 is 0 Å². The fraction of sp³-hybridized carbons (Fsp3) is 0.750. The molecule has 118 valence electrons. The number of hydrogen-bond donors (Lipinski definition) is 2. The number of aromatic nitrogens is 2. The van der Waals surface area contributed by atoms with Crippen molar-refractivity contribution in [2.75, 3.05) is 30.8 Å². The highest BCUT2D eigenvalue weighted by Gasteiger charge is 2.23.